The molecule has 0 fully saturated rings. The van der Waals surface area contributed by atoms with Crippen LogP contribution < -0.4 is 10.2 Å². The number of hydrogen-bond donors (Lipinski definition) is 2. The summed E-state index contributed by atoms with van der Waals surface area (Å²) in [6, 6.07) is 18.5. The Balaban J connectivity index is 1.88. The van der Waals surface area contributed by atoms with Gasteiger partial charge in [-0.15, -0.1) is 0 Å². The molecule has 138 valence electrons. The highest BCUT2D eigenvalue weighted by molar-refractivity contribution is 6.14. The Hall–Kier alpha value is -4.07. The first-order chi connectivity index (χ1) is 13.6. The van der Waals surface area contributed by atoms with Crippen LogP contribution in [0.4, 0.5) is 17.3 Å². The molecule has 2 aromatic carbocycles. The smallest absolute Gasteiger partial charge is 0.283 e. The number of nitrogens with one attached hydrogen (secondary N) is 2. The lowest BCUT2D eigenvalue weighted by atomic mass is 10.2. The highest BCUT2D eigenvalue weighted by Gasteiger charge is 2.25. The summed E-state index contributed by atoms with van der Waals surface area (Å²) in [7, 11) is 0. The number of para-hydroxylation sites is 2. The van der Waals surface area contributed by atoms with E-state index in [0.717, 1.165) is 0 Å². The molecule has 8 nitrogen and oxygen atoms in total. The van der Waals surface area contributed by atoms with Crippen LogP contribution in [0.15, 0.2) is 67.0 Å². The molecule has 4 aromatic rings. The molecule has 2 heterocycles. The number of anilines is 3. The van der Waals surface area contributed by atoms with Gasteiger partial charge in [0.2, 0.25) is 11.9 Å². The lowest BCUT2D eigenvalue weighted by molar-refractivity contribution is -0.114. The van der Waals surface area contributed by atoms with E-state index in [2.05, 4.69) is 25.3 Å². The van der Waals surface area contributed by atoms with Crippen LogP contribution in [0.3, 0.4) is 0 Å². The molecule has 0 aliphatic heterocycles. The van der Waals surface area contributed by atoms with E-state index >= 15 is 0 Å². The monoisotopic (exact) mass is 372 g/mol. The Morgan fingerprint density at radius 1 is 0.929 bits per heavy atom. The number of hydrogen-bond acceptors (Lipinski definition) is 5. The van der Waals surface area contributed by atoms with E-state index in [1.807, 2.05) is 60.7 Å². The van der Waals surface area contributed by atoms with E-state index in [-0.39, 0.29) is 23.5 Å². The summed E-state index contributed by atoms with van der Waals surface area (Å²) in [6.07, 6.45) is 1.43. The van der Waals surface area contributed by atoms with Gasteiger partial charge in [-0.1, -0.05) is 36.4 Å². The molecule has 0 aliphatic rings. The molecule has 4 rings (SSSR count). The zero-order chi connectivity index (χ0) is 19.5. The van der Waals surface area contributed by atoms with Crippen molar-refractivity contribution in [2.45, 2.75) is 6.92 Å². The van der Waals surface area contributed by atoms with Crippen molar-refractivity contribution in [3.63, 3.8) is 0 Å². The number of rotatable bonds is 4. The van der Waals surface area contributed by atoms with Gasteiger partial charge in [-0.25, -0.2) is 9.97 Å². The van der Waals surface area contributed by atoms with Gasteiger partial charge in [-0.05, 0) is 24.3 Å². The summed E-state index contributed by atoms with van der Waals surface area (Å²) in [5.74, 6) is -0.683. The molecule has 2 amide bonds. The molecular formula is C20H16N6O2. The van der Waals surface area contributed by atoms with Crippen molar-refractivity contribution in [2.24, 2.45) is 0 Å². The van der Waals surface area contributed by atoms with Crippen molar-refractivity contribution in [2.75, 3.05) is 10.2 Å². The van der Waals surface area contributed by atoms with Crippen LogP contribution >= 0.6 is 0 Å². The second-order valence-electron chi connectivity index (χ2n) is 5.99. The molecule has 0 saturated carbocycles. The fourth-order valence-corrected chi connectivity index (χ4v) is 2.84. The molecule has 0 radical (unpaired) electrons. The van der Waals surface area contributed by atoms with Crippen molar-refractivity contribution in [1.29, 1.82) is 0 Å². The predicted molar refractivity (Wildman–Crippen MR) is 105 cm³/mol. The molecule has 0 atom stereocenters. The first-order valence-electron chi connectivity index (χ1n) is 8.57. The number of H-pyrrole nitrogens is 1. The van der Waals surface area contributed by atoms with E-state index in [9.17, 15) is 9.59 Å². The number of fused-ring (bicyclic) bond motifs is 1. The Morgan fingerprint density at radius 3 is 2.11 bits per heavy atom. The molecule has 0 bridgehead atoms. The zero-order valence-electron chi connectivity index (χ0n) is 15.0. The van der Waals surface area contributed by atoms with Crippen LogP contribution in [0, 0.1) is 0 Å². The molecule has 28 heavy (non-hydrogen) atoms. The highest BCUT2D eigenvalue weighted by Crippen LogP contribution is 2.28. The topological polar surface area (TPSA) is 104 Å². The van der Waals surface area contributed by atoms with Crippen molar-refractivity contribution in [3.8, 4) is 0 Å². The maximum absolute atomic E-state index is 13.6. The van der Waals surface area contributed by atoms with E-state index in [0.29, 0.717) is 22.5 Å². The molecule has 0 unspecified atom stereocenters. The van der Waals surface area contributed by atoms with Crippen molar-refractivity contribution in [3.05, 3.63) is 72.7 Å². The van der Waals surface area contributed by atoms with Crippen LogP contribution in [0.25, 0.3) is 11.2 Å². The lowest BCUT2D eigenvalue weighted by Gasteiger charge is -2.23. The zero-order valence-corrected chi connectivity index (χ0v) is 15.0. The molecule has 8 heteroatoms. The summed E-state index contributed by atoms with van der Waals surface area (Å²) in [4.78, 5) is 42.1. The fourth-order valence-electron chi connectivity index (χ4n) is 2.84. The summed E-state index contributed by atoms with van der Waals surface area (Å²) in [6.45, 7) is 1.35. The molecule has 0 spiro atoms. The number of amides is 2. The molecular weight excluding hydrogens is 356 g/mol. The molecule has 2 aromatic heterocycles. The quantitative estimate of drug-likeness (QED) is 0.572. The number of benzene rings is 2. The van der Waals surface area contributed by atoms with Crippen LogP contribution in [0.1, 0.15) is 17.4 Å². The summed E-state index contributed by atoms with van der Waals surface area (Å²) in [5.41, 5.74) is 2.14. The Kier molecular flexibility index (Phi) is 4.51. The minimum atomic E-state index is -0.386. The van der Waals surface area contributed by atoms with E-state index in [1.165, 1.54) is 13.3 Å². The van der Waals surface area contributed by atoms with Gasteiger partial charge in [0.15, 0.2) is 11.3 Å². The van der Waals surface area contributed by atoms with Crippen molar-refractivity contribution >= 4 is 40.3 Å². The van der Waals surface area contributed by atoms with Gasteiger partial charge in [-0.3, -0.25) is 19.8 Å². The maximum Gasteiger partial charge on any atom is 0.283 e. The Bertz CT molecular complexity index is 1100. The minimum absolute atomic E-state index is 0.0358. The van der Waals surface area contributed by atoms with Crippen molar-refractivity contribution < 1.29 is 9.59 Å². The second kappa shape index (κ2) is 7.28. The second-order valence-corrected chi connectivity index (χ2v) is 5.99. The van der Waals surface area contributed by atoms with Gasteiger partial charge in [0.25, 0.3) is 5.91 Å². The highest BCUT2D eigenvalue weighted by atomic mass is 16.2. The number of aromatic amines is 1. The number of nitrogens with zero attached hydrogens (tertiary/aromatic N) is 4. The molecule has 0 aliphatic carbocycles. The molecule has 0 saturated heterocycles. The summed E-state index contributed by atoms with van der Waals surface area (Å²) >= 11 is 0. The van der Waals surface area contributed by atoms with Gasteiger partial charge in [0.1, 0.15) is 5.52 Å². The lowest BCUT2D eigenvalue weighted by Crippen LogP contribution is -2.27. The Morgan fingerprint density at radius 2 is 1.54 bits per heavy atom. The summed E-state index contributed by atoms with van der Waals surface area (Å²) < 4.78 is 0. The molecule has 2 N–H and O–H groups in total. The maximum atomic E-state index is 13.6. The van der Waals surface area contributed by atoms with E-state index in [1.54, 1.807) is 4.90 Å². The SMILES string of the molecule is CC(=O)Nc1nc(C(=O)N(c2ccccc2)c2ccccc2)c2nc[nH]c2n1. The van der Waals surface area contributed by atoms with E-state index < -0.39 is 0 Å². The third-order valence-electron chi connectivity index (χ3n) is 4.00. The normalized spacial score (nSPS) is 10.6. The average Bonchev–Trinajstić information content (AvgIpc) is 3.17. The van der Waals surface area contributed by atoms with Gasteiger partial charge < -0.3 is 4.98 Å². The van der Waals surface area contributed by atoms with Gasteiger partial charge in [0.05, 0.1) is 6.33 Å². The van der Waals surface area contributed by atoms with Crippen LogP contribution in [0.5, 0.6) is 0 Å². The first-order valence-corrected chi connectivity index (χ1v) is 8.57. The predicted octanol–water partition coefficient (Wildman–Crippen LogP) is 3.29. The number of carbonyl (C=O) groups is 2. The third kappa shape index (κ3) is 3.30. The number of carbonyl (C=O) groups excluding carboxylic acids is 2. The van der Waals surface area contributed by atoms with Crippen LogP contribution in [0.2, 0.25) is 0 Å². The van der Waals surface area contributed by atoms with E-state index in [4.69, 9.17) is 0 Å². The van der Waals surface area contributed by atoms with Gasteiger partial charge in [-0.2, -0.15) is 4.98 Å². The summed E-state index contributed by atoms with van der Waals surface area (Å²) in [5, 5.41) is 2.52. The first kappa shape index (κ1) is 17.3. The third-order valence-corrected chi connectivity index (χ3v) is 4.00. The number of aromatic nitrogens is 4. The minimum Gasteiger partial charge on any atom is -0.329 e. The number of imidazole rings is 1. The largest absolute Gasteiger partial charge is 0.329 e. The fraction of sp³-hybridized carbons (Fsp3) is 0.0500. The van der Waals surface area contributed by atoms with Gasteiger partial charge >= 0.3 is 0 Å². The van der Waals surface area contributed by atoms with Crippen molar-refractivity contribution in [1.82, 2.24) is 19.9 Å². The standard InChI is InChI=1S/C20H16N6O2/c1-13(27)23-20-24-17(16-18(25-20)22-12-21-16)19(28)26(14-8-4-2-5-9-14)15-10-6-3-7-11-15/h2-12H,1H3,(H2,21,22,23,24,25,27). The van der Waals surface area contributed by atoms with Crippen LogP contribution in [-0.4, -0.2) is 31.8 Å². The Labute approximate surface area is 160 Å². The average molecular weight is 372 g/mol. The van der Waals surface area contributed by atoms with Crippen LogP contribution in [-0.2, 0) is 4.79 Å². The van der Waals surface area contributed by atoms with Gasteiger partial charge in [0, 0.05) is 18.3 Å².